The van der Waals surface area contributed by atoms with Gasteiger partial charge >= 0.3 is 0 Å². The number of hydrogen-bond acceptors (Lipinski definition) is 2. The highest BCUT2D eigenvalue weighted by atomic mass is 35.5. The lowest BCUT2D eigenvalue weighted by molar-refractivity contribution is 0.480. The van der Waals surface area contributed by atoms with Crippen LogP contribution >= 0.6 is 11.6 Å². The standard InChI is InChI=1S/C11H20ClN3/c1-4-5-15-11(13-8-14-15)7-9(2)6-10(3)12/h8-10H,4-7H2,1-3H3. The van der Waals surface area contributed by atoms with Crippen LogP contribution in [0, 0.1) is 5.92 Å². The average molecular weight is 230 g/mol. The number of halogens is 1. The molecule has 0 aromatic carbocycles. The number of alkyl halides is 1. The number of aromatic nitrogens is 3. The summed E-state index contributed by atoms with van der Waals surface area (Å²) in [5.41, 5.74) is 0. The van der Waals surface area contributed by atoms with Gasteiger partial charge in [0.05, 0.1) is 0 Å². The van der Waals surface area contributed by atoms with Crippen molar-refractivity contribution in [3.8, 4) is 0 Å². The molecule has 0 saturated heterocycles. The second-order valence-electron chi connectivity index (χ2n) is 4.23. The fourth-order valence-corrected chi connectivity index (χ4v) is 2.10. The van der Waals surface area contributed by atoms with E-state index in [1.807, 2.05) is 11.6 Å². The first kappa shape index (κ1) is 12.5. The molecule has 0 fully saturated rings. The van der Waals surface area contributed by atoms with E-state index in [4.69, 9.17) is 11.6 Å². The first-order valence-electron chi connectivity index (χ1n) is 5.64. The molecule has 0 saturated carbocycles. The van der Waals surface area contributed by atoms with E-state index in [1.165, 1.54) is 0 Å². The van der Waals surface area contributed by atoms with Gasteiger partial charge in [0.25, 0.3) is 0 Å². The molecule has 3 nitrogen and oxygen atoms in total. The van der Waals surface area contributed by atoms with Crippen molar-refractivity contribution in [2.24, 2.45) is 5.92 Å². The van der Waals surface area contributed by atoms with Gasteiger partial charge < -0.3 is 0 Å². The van der Waals surface area contributed by atoms with E-state index >= 15 is 0 Å². The monoisotopic (exact) mass is 229 g/mol. The molecule has 0 N–H and O–H groups in total. The van der Waals surface area contributed by atoms with E-state index in [0.717, 1.165) is 31.6 Å². The van der Waals surface area contributed by atoms with Crippen molar-refractivity contribution < 1.29 is 0 Å². The summed E-state index contributed by atoms with van der Waals surface area (Å²) < 4.78 is 2.00. The van der Waals surface area contributed by atoms with Crippen LogP contribution in [-0.4, -0.2) is 20.1 Å². The molecule has 1 heterocycles. The zero-order chi connectivity index (χ0) is 11.3. The molecule has 2 atom stereocenters. The van der Waals surface area contributed by atoms with Crippen molar-refractivity contribution in [3.05, 3.63) is 12.2 Å². The molecule has 86 valence electrons. The summed E-state index contributed by atoms with van der Waals surface area (Å²) in [5.74, 6) is 1.65. The first-order chi connectivity index (χ1) is 7.13. The topological polar surface area (TPSA) is 30.7 Å². The van der Waals surface area contributed by atoms with Gasteiger partial charge in [0.2, 0.25) is 0 Å². The van der Waals surface area contributed by atoms with Crippen LogP contribution in [0.5, 0.6) is 0 Å². The van der Waals surface area contributed by atoms with Crippen molar-refractivity contribution in [2.45, 2.75) is 52.0 Å². The zero-order valence-electron chi connectivity index (χ0n) is 9.78. The van der Waals surface area contributed by atoms with Gasteiger partial charge in [-0.25, -0.2) is 4.98 Å². The third kappa shape index (κ3) is 4.20. The van der Waals surface area contributed by atoms with Gasteiger partial charge in [0.1, 0.15) is 12.2 Å². The van der Waals surface area contributed by atoms with Gasteiger partial charge in [-0.2, -0.15) is 5.10 Å². The minimum absolute atomic E-state index is 0.238. The van der Waals surface area contributed by atoms with Crippen molar-refractivity contribution >= 4 is 11.6 Å². The molecule has 0 amide bonds. The lowest BCUT2D eigenvalue weighted by atomic mass is 10.0. The van der Waals surface area contributed by atoms with E-state index in [0.29, 0.717) is 5.92 Å². The molecule has 4 heteroatoms. The molecule has 0 aliphatic heterocycles. The molecule has 0 aliphatic carbocycles. The lowest BCUT2D eigenvalue weighted by Gasteiger charge is -2.12. The van der Waals surface area contributed by atoms with Crippen molar-refractivity contribution in [3.63, 3.8) is 0 Å². The average Bonchev–Trinajstić information content (AvgIpc) is 2.52. The largest absolute Gasteiger partial charge is 0.250 e. The lowest BCUT2D eigenvalue weighted by Crippen LogP contribution is -2.11. The van der Waals surface area contributed by atoms with Crippen LogP contribution in [0.25, 0.3) is 0 Å². The van der Waals surface area contributed by atoms with E-state index in [2.05, 4.69) is 23.9 Å². The highest BCUT2D eigenvalue weighted by molar-refractivity contribution is 6.20. The Hall–Kier alpha value is -0.570. The number of hydrogen-bond donors (Lipinski definition) is 0. The van der Waals surface area contributed by atoms with Crippen LogP contribution < -0.4 is 0 Å². The molecule has 0 spiro atoms. The Morgan fingerprint density at radius 2 is 2.20 bits per heavy atom. The Balaban J connectivity index is 2.51. The molecule has 2 unspecified atom stereocenters. The highest BCUT2D eigenvalue weighted by Crippen LogP contribution is 2.15. The fourth-order valence-electron chi connectivity index (χ4n) is 1.79. The minimum Gasteiger partial charge on any atom is -0.250 e. The van der Waals surface area contributed by atoms with Crippen LogP contribution in [0.3, 0.4) is 0 Å². The molecule has 1 rings (SSSR count). The van der Waals surface area contributed by atoms with Crippen LogP contribution in [0.1, 0.15) is 39.4 Å². The molecular formula is C11H20ClN3. The zero-order valence-corrected chi connectivity index (χ0v) is 10.5. The summed E-state index contributed by atoms with van der Waals surface area (Å²) in [5, 5.41) is 4.45. The van der Waals surface area contributed by atoms with Crippen LogP contribution in [-0.2, 0) is 13.0 Å². The maximum absolute atomic E-state index is 5.97. The molecule has 1 aromatic heterocycles. The van der Waals surface area contributed by atoms with Crippen molar-refractivity contribution in [1.82, 2.24) is 14.8 Å². The van der Waals surface area contributed by atoms with Crippen LogP contribution in [0.4, 0.5) is 0 Å². The second-order valence-corrected chi connectivity index (χ2v) is 4.97. The molecular weight excluding hydrogens is 210 g/mol. The molecule has 1 aromatic rings. The van der Waals surface area contributed by atoms with Gasteiger partial charge in [0.15, 0.2) is 0 Å². The predicted molar refractivity (Wildman–Crippen MR) is 63.1 cm³/mol. The summed E-state index contributed by atoms with van der Waals surface area (Å²) in [6, 6.07) is 0. The normalized spacial score (nSPS) is 15.2. The Bertz CT molecular complexity index is 283. The number of aryl methyl sites for hydroxylation is 1. The first-order valence-corrected chi connectivity index (χ1v) is 6.07. The number of rotatable bonds is 6. The quantitative estimate of drug-likeness (QED) is 0.703. The predicted octanol–water partition coefficient (Wildman–Crippen LogP) is 2.88. The molecule has 15 heavy (non-hydrogen) atoms. The third-order valence-electron chi connectivity index (χ3n) is 2.39. The van der Waals surface area contributed by atoms with Gasteiger partial charge in [-0.1, -0.05) is 13.8 Å². The summed E-state index contributed by atoms with van der Waals surface area (Å²) in [6.45, 7) is 7.35. The Labute approximate surface area is 96.8 Å². The smallest absolute Gasteiger partial charge is 0.138 e. The Kier molecular flexibility index (Phi) is 5.09. The van der Waals surface area contributed by atoms with Crippen molar-refractivity contribution in [1.29, 1.82) is 0 Å². The van der Waals surface area contributed by atoms with Crippen LogP contribution in [0.2, 0.25) is 0 Å². The third-order valence-corrected chi connectivity index (χ3v) is 2.57. The summed E-state index contributed by atoms with van der Waals surface area (Å²) in [4.78, 5) is 4.29. The number of nitrogens with zero attached hydrogens (tertiary/aromatic N) is 3. The molecule has 0 aliphatic rings. The highest BCUT2D eigenvalue weighted by Gasteiger charge is 2.11. The maximum Gasteiger partial charge on any atom is 0.138 e. The Morgan fingerprint density at radius 3 is 2.80 bits per heavy atom. The van der Waals surface area contributed by atoms with Gasteiger partial charge in [-0.3, -0.25) is 4.68 Å². The summed E-state index contributed by atoms with van der Waals surface area (Å²) in [6.07, 6.45) is 4.73. The van der Waals surface area contributed by atoms with E-state index in [1.54, 1.807) is 6.33 Å². The maximum atomic E-state index is 5.97. The Morgan fingerprint density at radius 1 is 1.47 bits per heavy atom. The van der Waals surface area contributed by atoms with Gasteiger partial charge in [-0.15, -0.1) is 11.6 Å². The van der Waals surface area contributed by atoms with Crippen LogP contribution in [0.15, 0.2) is 6.33 Å². The van der Waals surface area contributed by atoms with Gasteiger partial charge in [0, 0.05) is 18.3 Å². The second kappa shape index (κ2) is 6.11. The molecule has 0 radical (unpaired) electrons. The molecule has 0 bridgehead atoms. The van der Waals surface area contributed by atoms with E-state index in [9.17, 15) is 0 Å². The fraction of sp³-hybridized carbons (Fsp3) is 0.818. The minimum atomic E-state index is 0.238. The SMILES string of the molecule is CCCn1ncnc1CC(C)CC(C)Cl. The van der Waals surface area contributed by atoms with Crippen molar-refractivity contribution in [2.75, 3.05) is 0 Å². The van der Waals surface area contributed by atoms with E-state index < -0.39 is 0 Å². The van der Waals surface area contributed by atoms with Gasteiger partial charge in [-0.05, 0) is 25.7 Å². The summed E-state index contributed by atoms with van der Waals surface area (Å²) in [7, 11) is 0. The van der Waals surface area contributed by atoms with E-state index in [-0.39, 0.29) is 5.38 Å². The summed E-state index contributed by atoms with van der Waals surface area (Å²) >= 11 is 5.97.